The SMILES string of the molecule is Cc1ccc(NC(=O)N(CC(=O)O)CC2CC2)cc1Cl. The van der Waals surface area contributed by atoms with E-state index in [-0.39, 0.29) is 6.54 Å². The van der Waals surface area contributed by atoms with Crippen LogP contribution in [0.3, 0.4) is 0 Å². The zero-order valence-electron chi connectivity index (χ0n) is 11.2. The summed E-state index contributed by atoms with van der Waals surface area (Å²) in [7, 11) is 0. The van der Waals surface area contributed by atoms with Gasteiger partial charge < -0.3 is 15.3 Å². The minimum absolute atomic E-state index is 0.290. The van der Waals surface area contributed by atoms with E-state index >= 15 is 0 Å². The highest BCUT2D eigenvalue weighted by atomic mass is 35.5. The molecule has 2 N–H and O–H groups in total. The number of benzene rings is 1. The lowest BCUT2D eigenvalue weighted by Gasteiger charge is -2.21. The lowest BCUT2D eigenvalue weighted by atomic mass is 10.2. The quantitative estimate of drug-likeness (QED) is 0.877. The molecule has 1 aromatic rings. The Hall–Kier alpha value is -1.75. The Balaban J connectivity index is 2.02. The van der Waals surface area contributed by atoms with Crippen molar-refractivity contribution < 1.29 is 14.7 Å². The van der Waals surface area contributed by atoms with Crippen LogP contribution in [0, 0.1) is 12.8 Å². The molecule has 0 radical (unpaired) electrons. The molecule has 6 heteroatoms. The minimum Gasteiger partial charge on any atom is -0.480 e. The molecule has 108 valence electrons. The van der Waals surface area contributed by atoms with Crippen molar-refractivity contribution in [3.8, 4) is 0 Å². The predicted octanol–water partition coefficient (Wildman–Crippen LogP) is 2.98. The van der Waals surface area contributed by atoms with Gasteiger partial charge in [-0.15, -0.1) is 0 Å². The zero-order valence-corrected chi connectivity index (χ0v) is 12.0. The van der Waals surface area contributed by atoms with Gasteiger partial charge >= 0.3 is 12.0 Å². The number of hydrogen-bond acceptors (Lipinski definition) is 2. The minimum atomic E-state index is -1.01. The largest absolute Gasteiger partial charge is 0.480 e. The Kier molecular flexibility index (Phi) is 4.49. The van der Waals surface area contributed by atoms with Crippen LogP contribution in [0.2, 0.25) is 5.02 Å². The molecule has 1 aliphatic carbocycles. The fraction of sp³-hybridized carbons (Fsp3) is 0.429. The van der Waals surface area contributed by atoms with Crippen LogP contribution in [0.4, 0.5) is 10.5 Å². The van der Waals surface area contributed by atoms with E-state index < -0.39 is 12.0 Å². The summed E-state index contributed by atoms with van der Waals surface area (Å²) >= 11 is 6.00. The molecule has 1 aliphatic rings. The maximum Gasteiger partial charge on any atom is 0.323 e. The van der Waals surface area contributed by atoms with Gasteiger partial charge in [0.05, 0.1) is 0 Å². The molecule has 0 atom stereocenters. The molecule has 20 heavy (non-hydrogen) atoms. The molecule has 0 spiro atoms. The lowest BCUT2D eigenvalue weighted by molar-refractivity contribution is -0.137. The molecule has 0 aliphatic heterocycles. The Morgan fingerprint density at radius 2 is 2.15 bits per heavy atom. The summed E-state index contributed by atoms with van der Waals surface area (Å²) in [4.78, 5) is 24.3. The summed E-state index contributed by atoms with van der Waals surface area (Å²) in [5.41, 5.74) is 1.49. The molecule has 0 aromatic heterocycles. The monoisotopic (exact) mass is 296 g/mol. The molecule has 1 aromatic carbocycles. The molecule has 0 bridgehead atoms. The summed E-state index contributed by atoms with van der Waals surface area (Å²) in [6.07, 6.45) is 2.11. The van der Waals surface area contributed by atoms with Crippen LogP contribution in [0.25, 0.3) is 0 Å². The van der Waals surface area contributed by atoms with E-state index in [2.05, 4.69) is 5.32 Å². The van der Waals surface area contributed by atoms with E-state index in [4.69, 9.17) is 16.7 Å². The van der Waals surface area contributed by atoms with E-state index in [0.29, 0.717) is 23.2 Å². The molecule has 0 saturated heterocycles. The number of halogens is 1. The Morgan fingerprint density at radius 1 is 1.45 bits per heavy atom. The number of hydrogen-bond donors (Lipinski definition) is 2. The number of carbonyl (C=O) groups is 2. The maximum atomic E-state index is 12.1. The van der Waals surface area contributed by atoms with Gasteiger partial charge in [-0.3, -0.25) is 4.79 Å². The van der Waals surface area contributed by atoms with Crippen molar-refractivity contribution in [1.82, 2.24) is 4.90 Å². The first kappa shape index (κ1) is 14.7. The fourth-order valence-corrected chi connectivity index (χ4v) is 2.05. The number of nitrogens with one attached hydrogen (secondary N) is 1. The van der Waals surface area contributed by atoms with Crippen LogP contribution in [0.5, 0.6) is 0 Å². The third-order valence-corrected chi connectivity index (χ3v) is 3.62. The summed E-state index contributed by atoms with van der Waals surface area (Å²) in [6.45, 7) is 2.07. The lowest BCUT2D eigenvalue weighted by Crippen LogP contribution is -2.40. The number of carboxylic acids is 1. The van der Waals surface area contributed by atoms with Crippen molar-refractivity contribution in [3.63, 3.8) is 0 Å². The topological polar surface area (TPSA) is 69.6 Å². The number of carbonyl (C=O) groups excluding carboxylic acids is 1. The average Bonchev–Trinajstić information content (AvgIpc) is 3.16. The van der Waals surface area contributed by atoms with Crippen molar-refractivity contribution in [2.45, 2.75) is 19.8 Å². The van der Waals surface area contributed by atoms with Gasteiger partial charge in [0.2, 0.25) is 0 Å². The van der Waals surface area contributed by atoms with Gasteiger partial charge in [-0.25, -0.2) is 4.79 Å². The third kappa shape index (κ3) is 4.13. The van der Waals surface area contributed by atoms with Crippen LogP contribution >= 0.6 is 11.6 Å². The average molecular weight is 297 g/mol. The Morgan fingerprint density at radius 3 is 2.70 bits per heavy atom. The number of aliphatic carboxylic acids is 1. The van der Waals surface area contributed by atoms with Crippen LogP contribution < -0.4 is 5.32 Å². The zero-order chi connectivity index (χ0) is 14.7. The highest BCUT2D eigenvalue weighted by Gasteiger charge is 2.28. The fourth-order valence-electron chi connectivity index (χ4n) is 1.87. The van der Waals surface area contributed by atoms with Gasteiger partial charge in [-0.05, 0) is 43.4 Å². The number of aryl methyl sites for hydroxylation is 1. The van der Waals surface area contributed by atoms with Gasteiger partial charge in [0, 0.05) is 17.3 Å². The highest BCUT2D eigenvalue weighted by molar-refractivity contribution is 6.31. The number of urea groups is 1. The van der Waals surface area contributed by atoms with E-state index in [1.54, 1.807) is 18.2 Å². The second-order valence-corrected chi connectivity index (χ2v) is 5.52. The summed E-state index contributed by atoms with van der Waals surface area (Å²) in [5.74, 6) is -0.579. The third-order valence-electron chi connectivity index (χ3n) is 3.21. The van der Waals surface area contributed by atoms with Gasteiger partial charge in [0.15, 0.2) is 0 Å². The van der Waals surface area contributed by atoms with Crippen molar-refractivity contribution in [1.29, 1.82) is 0 Å². The summed E-state index contributed by atoms with van der Waals surface area (Å²) < 4.78 is 0. The number of nitrogens with zero attached hydrogens (tertiary/aromatic N) is 1. The van der Waals surface area contributed by atoms with Crippen LogP contribution in [0.15, 0.2) is 18.2 Å². The molecule has 1 saturated carbocycles. The predicted molar refractivity (Wildman–Crippen MR) is 77.1 cm³/mol. The first-order valence-electron chi connectivity index (χ1n) is 6.49. The van der Waals surface area contributed by atoms with Gasteiger partial charge in [0.25, 0.3) is 0 Å². The highest BCUT2D eigenvalue weighted by Crippen LogP contribution is 2.30. The summed E-state index contributed by atoms with van der Waals surface area (Å²) in [6, 6.07) is 4.81. The Bertz CT molecular complexity index is 529. The van der Waals surface area contributed by atoms with Crippen molar-refractivity contribution in [2.75, 3.05) is 18.4 Å². The Labute approximate surface area is 122 Å². The first-order valence-corrected chi connectivity index (χ1v) is 6.87. The standard InChI is InChI=1S/C14H17ClN2O3/c1-9-2-5-11(6-12(9)15)16-14(20)17(8-13(18)19)7-10-3-4-10/h2,5-6,10H,3-4,7-8H2,1H3,(H,16,20)(H,18,19). The molecular formula is C14H17ClN2O3. The summed E-state index contributed by atoms with van der Waals surface area (Å²) in [5, 5.41) is 12.1. The molecule has 2 rings (SSSR count). The van der Waals surface area contributed by atoms with Gasteiger partial charge in [0.1, 0.15) is 6.54 Å². The molecule has 5 nitrogen and oxygen atoms in total. The van der Waals surface area contributed by atoms with Crippen LogP contribution in [-0.4, -0.2) is 35.1 Å². The smallest absolute Gasteiger partial charge is 0.323 e. The maximum absolute atomic E-state index is 12.1. The van der Waals surface area contributed by atoms with Crippen molar-refractivity contribution in [2.24, 2.45) is 5.92 Å². The normalized spacial score (nSPS) is 13.9. The van der Waals surface area contributed by atoms with Crippen molar-refractivity contribution in [3.05, 3.63) is 28.8 Å². The van der Waals surface area contributed by atoms with E-state index in [0.717, 1.165) is 18.4 Å². The number of amides is 2. The number of rotatable bonds is 5. The van der Waals surface area contributed by atoms with Gasteiger partial charge in [-0.2, -0.15) is 0 Å². The molecular weight excluding hydrogens is 280 g/mol. The second kappa shape index (κ2) is 6.13. The molecule has 0 heterocycles. The van der Waals surface area contributed by atoms with Crippen molar-refractivity contribution >= 4 is 29.3 Å². The molecule has 1 fully saturated rings. The van der Waals surface area contributed by atoms with E-state index in [1.807, 2.05) is 6.92 Å². The molecule has 0 unspecified atom stereocenters. The van der Waals surface area contributed by atoms with Crippen LogP contribution in [-0.2, 0) is 4.79 Å². The first-order chi connectivity index (χ1) is 9.45. The second-order valence-electron chi connectivity index (χ2n) is 5.11. The number of anilines is 1. The molecule has 2 amide bonds. The van der Waals surface area contributed by atoms with Gasteiger partial charge in [-0.1, -0.05) is 17.7 Å². The van der Waals surface area contributed by atoms with Crippen LogP contribution in [0.1, 0.15) is 18.4 Å². The number of carboxylic acid groups (broad SMARTS) is 1. The van der Waals surface area contributed by atoms with E-state index in [1.165, 1.54) is 4.90 Å². The van der Waals surface area contributed by atoms with E-state index in [9.17, 15) is 9.59 Å².